The van der Waals surface area contributed by atoms with Crippen molar-refractivity contribution in [3.63, 3.8) is 0 Å². The van der Waals surface area contributed by atoms with Crippen molar-refractivity contribution in [2.24, 2.45) is 11.3 Å². The lowest BCUT2D eigenvalue weighted by molar-refractivity contribution is -0.335. The molecule has 8 unspecified atom stereocenters. The van der Waals surface area contributed by atoms with Crippen molar-refractivity contribution in [1.82, 2.24) is 4.98 Å². The minimum Gasteiger partial charge on any atom is -0.458 e. The average molecular weight is 596 g/mol. The predicted molar refractivity (Wildman–Crippen MR) is 150 cm³/mol. The molecular weight excluding hydrogens is 558 g/mol. The first kappa shape index (κ1) is 30.6. The Morgan fingerprint density at radius 2 is 1.47 bits per heavy atom. The summed E-state index contributed by atoms with van der Waals surface area (Å²) in [6, 6.07) is 11.5. The number of benzene rings is 1. The number of esters is 4. The summed E-state index contributed by atoms with van der Waals surface area (Å²) in [6.45, 7) is 9.14. The molecule has 5 rings (SSSR count). The quantitative estimate of drug-likeness (QED) is 0.387. The number of rotatable bonds is 6. The topological polar surface area (TPSA) is 148 Å². The van der Waals surface area contributed by atoms with E-state index in [1.54, 1.807) is 64.1 Å². The van der Waals surface area contributed by atoms with Gasteiger partial charge in [-0.2, -0.15) is 0 Å². The molecule has 2 saturated carbocycles. The van der Waals surface area contributed by atoms with Crippen molar-refractivity contribution < 1.29 is 48.0 Å². The molecule has 1 N–H and O–H groups in total. The molecule has 43 heavy (non-hydrogen) atoms. The van der Waals surface area contributed by atoms with Gasteiger partial charge >= 0.3 is 23.9 Å². The van der Waals surface area contributed by atoms with E-state index < -0.39 is 76.4 Å². The van der Waals surface area contributed by atoms with Crippen LogP contribution < -0.4 is 0 Å². The van der Waals surface area contributed by atoms with E-state index in [-0.39, 0.29) is 18.4 Å². The average Bonchev–Trinajstić information content (AvgIpc) is 3.16. The summed E-state index contributed by atoms with van der Waals surface area (Å²) in [6.07, 6.45) is -1.62. The third-order valence-electron chi connectivity index (χ3n) is 9.34. The van der Waals surface area contributed by atoms with Gasteiger partial charge in [-0.05, 0) is 64.8 Å². The molecule has 2 heterocycles. The molecule has 1 saturated heterocycles. The molecule has 11 nitrogen and oxygen atoms in total. The van der Waals surface area contributed by atoms with Crippen LogP contribution in [0.15, 0.2) is 54.9 Å². The third kappa shape index (κ3) is 4.78. The van der Waals surface area contributed by atoms with Crippen LogP contribution in [0.1, 0.15) is 75.1 Å². The van der Waals surface area contributed by atoms with Gasteiger partial charge in [-0.25, -0.2) is 9.59 Å². The van der Waals surface area contributed by atoms with E-state index in [0.717, 1.165) is 0 Å². The maximum atomic E-state index is 13.6. The van der Waals surface area contributed by atoms with Crippen molar-refractivity contribution in [2.45, 2.75) is 95.6 Å². The fourth-order valence-corrected chi connectivity index (χ4v) is 7.67. The van der Waals surface area contributed by atoms with Crippen LogP contribution >= 0.6 is 0 Å². The van der Waals surface area contributed by atoms with Crippen molar-refractivity contribution in [1.29, 1.82) is 0 Å². The lowest BCUT2D eigenvalue weighted by Crippen LogP contribution is -2.81. The Bertz CT molecular complexity index is 1410. The van der Waals surface area contributed by atoms with E-state index in [0.29, 0.717) is 5.56 Å². The molecule has 3 aliphatic rings. The minimum absolute atomic E-state index is 0.0874. The molecule has 3 fully saturated rings. The number of nitrogens with zero attached hydrogens (tertiary/aromatic N) is 1. The number of aliphatic hydroxyl groups is 1. The van der Waals surface area contributed by atoms with E-state index in [2.05, 4.69) is 4.98 Å². The number of hydrogen-bond donors (Lipinski definition) is 1. The molecule has 1 aromatic carbocycles. The highest BCUT2D eigenvalue weighted by Gasteiger charge is 2.85. The van der Waals surface area contributed by atoms with Crippen LogP contribution in [0.3, 0.4) is 0 Å². The Labute approximate surface area is 249 Å². The largest absolute Gasteiger partial charge is 0.458 e. The molecule has 1 aliphatic heterocycles. The molecule has 8 atom stereocenters. The van der Waals surface area contributed by atoms with Gasteiger partial charge in [0.1, 0.15) is 23.9 Å². The number of aromatic nitrogens is 1. The number of fused-ring (bicyclic) bond motifs is 1. The smallest absolute Gasteiger partial charge is 0.340 e. The van der Waals surface area contributed by atoms with Crippen LogP contribution in [0.2, 0.25) is 0 Å². The first-order valence-corrected chi connectivity index (χ1v) is 14.3. The highest BCUT2D eigenvalue weighted by molar-refractivity contribution is 5.90. The van der Waals surface area contributed by atoms with Crippen molar-refractivity contribution in [3.05, 3.63) is 66.0 Å². The molecule has 230 valence electrons. The number of hydrogen-bond acceptors (Lipinski definition) is 11. The van der Waals surface area contributed by atoms with Crippen LogP contribution in [0.25, 0.3) is 0 Å². The van der Waals surface area contributed by atoms with Crippen LogP contribution in [0, 0.1) is 11.3 Å². The molecule has 2 aliphatic carbocycles. The fourth-order valence-electron chi connectivity index (χ4n) is 7.67. The van der Waals surface area contributed by atoms with Gasteiger partial charge in [0, 0.05) is 26.2 Å². The maximum Gasteiger partial charge on any atom is 0.340 e. The zero-order valence-corrected chi connectivity index (χ0v) is 25.1. The maximum absolute atomic E-state index is 13.6. The van der Waals surface area contributed by atoms with Crippen molar-refractivity contribution in [3.8, 4) is 0 Å². The summed E-state index contributed by atoms with van der Waals surface area (Å²) in [7, 11) is 0. The summed E-state index contributed by atoms with van der Waals surface area (Å²) < 4.78 is 31.1. The van der Waals surface area contributed by atoms with Gasteiger partial charge in [-0.3, -0.25) is 14.6 Å². The van der Waals surface area contributed by atoms with Crippen LogP contribution in [0.5, 0.6) is 0 Å². The Balaban J connectivity index is 1.73. The lowest BCUT2D eigenvalue weighted by atomic mass is 9.47. The third-order valence-corrected chi connectivity index (χ3v) is 9.34. The van der Waals surface area contributed by atoms with E-state index >= 15 is 0 Å². The summed E-state index contributed by atoms with van der Waals surface area (Å²) in [5.41, 5.74) is -5.81. The Kier molecular flexibility index (Phi) is 7.63. The van der Waals surface area contributed by atoms with E-state index in [4.69, 9.17) is 23.7 Å². The number of carbonyl (C=O) groups excluding carboxylic acids is 4. The fraction of sp³-hybridized carbons (Fsp3) is 0.531. The van der Waals surface area contributed by atoms with Crippen LogP contribution in [0.4, 0.5) is 0 Å². The molecule has 1 aromatic heterocycles. The lowest BCUT2D eigenvalue weighted by Gasteiger charge is -2.65. The number of ether oxygens (including phenoxy) is 5. The van der Waals surface area contributed by atoms with E-state index in [1.165, 1.54) is 32.3 Å². The minimum atomic E-state index is -1.79. The molecular formula is C32H37NO10. The second kappa shape index (κ2) is 10.7. The van der Waals surface area contributed by atoms with Crippen LogP contribution in [-0.2, 0) is 33.3 Å². The molecule has 0 amide bonds. The highest BCUT2D eigenvalue weighted by Crippen LogP contribution is 2.69. The summed E-state index contributed by atoms with van der Waals surface area (Å²) in [5, 5.41) is 12.3. The molecule has 1 spiro atoms. The molecule has 11 heteroatoms. The van der Waals surface area contributed by atoms with Crippen molar-refractivity contribution >= 4 is 23.9 Å². The standard InChI is InChI=1S/C32H37NO10/c1-18(34)39-24-23-25(42-28(37)21-13-10-16-33-17-21)32(43-29(23,3)4)30(5,38)15-14-22(31(32,6)26(24)40-19(2)35)41-27(36)20-11-8-7-9-12-20/h7-13,16-17,22-26,38H,14-15H2,1-6H3. The normalized spacial score (nSPS) is 35.7. The summed E-state index contributed by atoms with van der Waals surface area (Å²) in [4.78, 5) is 56.2. The highest BCUT2D eigenvalue weighted by atomic mass is 16.6. The molecule has 2 aromatic rings. The zero-order chi connectivity index (χ0) is 31.4. The summed E-state index contributed by atoms with van der Waals surface area (Å²) >= 11 is 0. The second-order valence-corrected chi connectivity index (χ2v) is 12.5. The number of carbonyl (C=O) groups is 4. The number of pyridine rings is 1. The predicted octanol–water partition coefficient (Wildman–Crippen LogP) is 3.42. The Morgan fingerprint density at radius 1 is 0.837 bits per heavy atom. The van der Waals surface area contributed by atoms with Gasteiger partial charge in [0.05, 0.1) is 33.7 Å². The Morgan fingerprint density at radius 3 is 2.07 bits per heavy atom. The zero-order valence-electron chi connectivity index (χ0n) is 25.1. The van der Waals surface area contributed by atoms with Gasteiger partial charge in [-0.1, -0.05) is 18.2 Å². The van der Waals surface area contributed by atoms with Gasteiger partial charge in [-0.15, -0.1) is 0 Å². The summed E-state index contributed by atoms with van der Waals surface area (Å²) in [5.74, 6) is -3.63. The van der Waals surface area contributed by atoms with Gasteiger partial charge in [0.2, 0.25) is 0 Å². The first-order chi connectivity index (χ1) is 20.2. The second-order valence-electron chi connectivity index (χ2n) is 12.5. The van der Waals surface area contributed by atoms with Crippen molar-refractivity contribution in [2.75, 3.05) is 0 Å². The Hall–Kier alpha value is -3.83. The first-order valence-electron chi connectivity index (χ1n) is 14.3. The van der Waals surface area contributed by atoms with Crippen LogP contribution in [-0.4, -0.2) is 75.2 Å². The van der Waals surface area contributed by atoms with Gasteiger partial charge in [0.25, 0.3) is 0 Å². The SMILES string of the molecule is CC(=O)OC1C2C(OC(=O)c3cccnc3)C3(OC2(C)C)C(C)(O)CCC(OC(=O)c2ccccc2)C3(C)C1OC(C)=O. The van der Waals surface area contributed by atoms with Gasteiger partial charge < -0.3 is 28.8 Å². The van der Waals surface area contributed by atoms with Gasteiger partial charge in [0.15, 0.2) is 6.10 Å². The molecule has 2 bridgehead atoms. The van der Waals surface area contributed by atoms with E-state index in [1.807, 2.05) is 0 Å². The monoisotopic (exact) mass is 595 g/mol. The molecule has 0 radical (unpaired) electrons. The van der Waals surface area contributed by atoms with E-state index in [9.17, 15) is 24.3 Å².